The molecule has 1 fully saturated rings. The van der Waals surface area contributed by atoms with Crippen molar-refractivity contribution in [1.82, 2.24) is 10.2 Å². The lowest BCUT2D eigenvalue weighted by atomic mass is 9.82. The van der Waals surface area contributed by atoms with Gasteiger partial charge in [0.15, 0.2) is 0 Å². The van der Waals surface area contributed by atoms with Gasteiger partial charge in [-0.3, -0.25) is 9.59 Å². The molecule has 1 aliphatic heterocycles. The normalized spacial score (nSPS) is 23.8. The van der Waals surface area contributed by atoms with Crippen molar-refractivity contribution < 1.29 is 9.59 Å². The SMILES string of the molecule is CC(C)CCN1C(=O)c2ccccc2C[C@]1(C)C(=O)NC1CCCCC1. The Hall–Kier alpha value is -1.84. The first kappa shape index (κ1) is 18.9. The van der Waals surface area contributed by atoms with E-state index in [0.717, 1.165) is 30.4 Å². The van der Waals surface area contributed by atoms with E-state index >= 15 is 0 Å². The van der Waals surface area contributed by atoms with Crippen LogP contribution in [0.25, 0.3) is 0 Å². The molecule has 1 aromatic rings. The van der Waals surface area contributed by atoms with Crippen molar-refractivity contribution in [2.75, 3.05) is 6.54 Å². The van der Waals surface area contributed by atoms with Crippen LogP contribution in [0.15, 0.2) is 24.3 Å². The number of carbonyl (C=O) groups excluding carboxylic acids is 2. The number of hydrogen-bond donors (Lipinski definition) is 1. The van der Waals surface area contributed by atoms with Gasteiger partial charge in [-0.2, -0.15) is 0 Å². The van der Waals surface area contributed by atoms with E-state index < -0.39 is 5.54 Å². The summed E-state index contributed by atoms with van der Waals surface area (Å²) in [5, 5.41) is 3.27. The van der Waals surface area contributed by atoms with Crippen molar-refractivity contribution in [3.8, 4) is 0 Å². The molecule has 1 aliphatic carbocycles. The number of rotatable bonds is 5. The molecule has 0 bridgehead atoms. The fraction of sp³-hybridized carbons (Fsp3) is 0.636. The Morgan fingerprint density at radius 1 is 1.23 bits per heavy atom. The van der Waals surface area contributed by atoms with Gasteiger partial charge in [-0.25, -0.2) is 0 Å². The number of nitrogens with zero attached hydrogens (tertiary/aromatic N) is 1. The van der Waals surface area contributed by atoms with Gasteiger partial charge in [0.1, 0.15) is 5.54 Å². The van der Waals surface area contributed by atoms with Gasteiger partial charge >= 0.3 is 0 Å². The van der Waals surface area contributed by atoms with Crippen LogP contribution in [0.1, 0.15) is 75.2 Å². The van der Waals surface area contributed by atoms with Crippen LogP contribution in [-0.2, 0) is 11.2 Å². The van der Waals surface area contributed by atoms with Gasteiger partial charge in [0.25, 0.3) is 5.91 Å². The summed E-state index contributed by atoms with van der Waals surface area (Å²) in [6, 6.07) is 7.99. The van der Waals surface area contributed by atoms with E-state index in [1.807, 2.05) is 36.1 Å². The minimum Gasteiger partial charge on any atom is -0.351 e. The summed E-state index contributed by atoms with van der Waals surface area (Å²) in [6.45, 7) is 6.88. The van der Waals surface area contributed by atoms with Crippen LogP contribution in [0.3, 0.4) is 0 Å². The summed E-state index contributed by atoms with van der Waals surface area (Å²) in [5.41, 5.74) is 0.927. The standard InChI is InChI=1S/C22H32N2O2/c1-16(2)13-14-24-20(25)19-12-8-7-9-17(19)15-22(24,3)21(26)23-18-10-5-4-6-11-18/h7-9,12,16,18H,4-6,10-11,13-15H2,1-3H3,(H,23,26)/t22-/m1/s1. The predicted octanol–water partition coefficient (Wildman–Crippen LogP) is 3.94. The second kappa shape index (κ2) is 7.81. The largest absolute Gasteiger partial charge is 0.351 e. The summed E-state index contributed by atoms with van der Waals surface area (Å²) in [4.78, 5) is 28.3. The first-order valence-electron chi connectivity index (χ1n) is 10.1. The van der Waals surface area contributed by atoms with E-state index in [-0.39, 0.29) is 17.9 Å². The molecule has 3 rings (SSSR count). The molecule has 26 heavy (non-hydrogen) atoms. The Labute approximate surface area is 157 Å². The zero-order valence-corrected chi connectivity index (χ0v) is 16.4. The summed E-state index contributed by atoms with van der Waals surface area (Å²) in [6.07, 6.45) is 7.22. The minimum atomic E-state index is -0.808. The third-order valence-electron chi connectivity index (χ3n) is 5.98. The Bertz CT molecular complexity index is 664. The Balaban J connectivity index is 1.86. The van der Waals surface area contributed by atoms with Gasteiger partial charge in [0.05, 0.1) is 0 Å². The van der Waals surface area contributed by atoms with Gasteiger partial charge < -0.3 is 10.2 Å². The predicted molar refractivity (Wildman–Crippen MR) is 104 cm³/mol. The van der Waals surface area contributed by atoms with Gasteiger partial charge in [0.2, 0.25) is 5.91 Å². The molecule has 4 heteroatoms. The molecule has 4 nitrogen and oxygen atoms in total. The maximum absolute atomic E-state index is 13.3. The van der Waals surface area contributed by atoms with Gasteiger partial charge in [-0.1, -0.05) is 51.3 Å². The molecule has 0 saturated heterocycles. The van der Waals surface area contributed by atoms with Crippen LogP contribution in [-0.4, -0.2) is 34.8 Å². The highest BCUT2D eigenvalue weighted by atomic mass is 16.2. The van der Waals surface area contributed by atoms with E-state index in [1.54, 1.807) is 0 Å². The second-order valence-corrected chi connectivity index (χ2v) is 8.56. The van der Waals surface area contributed by atoms with Crippen molar-refractivity contribution in [3.63, 3.8) is 0 Å². The van der Waals surface area contributed by atoms with Crippen molar-refractivity contribution in [2.24, 2.45) is 5.92 Å². The van der Waals surface area contributed by atoms with Crippen LogP contribution in [0.2, 0.25) is 0 Å². The molecule has 0 unspecified atom stereocenters. The number of hydrogen-bond acceptors (Lipinski definition) is 2. The van der Waals surface area contributed by atoms with E-state index in [1.165, 1.54) is 19.3 Å². The molecule has 2 amide bonds. The molecular formula is C22H32N2O2. The van der Waals surface area contributed by atoms with E-state index in [4.69, 9.17) is 0 Å². The van der Waals surface area contributed by atoms with Crippen molar-refractivity contribution in [2.45, 2.75) is 77.3 Å². The fourth-order valence-corrected chi connectivity index (χ4v) is 4.25. The van der Waals surface area contributed by atoms with Gasteiger partial charge in [-0.05, 0) is 43.7 Å². The number of benzene rings is 1. The Morgan fingerprint density at radius 2 is 1.92 bits per heavy atom. The first-order valence-corrected chi connectivity index (χ1v) is 10.1. The Kier molecular flexibility index (Phi) is 5.69. The van der Waals surface area contributed by atoms with Crippen LogP contribution >= 0.6 is 0 Å². The topological polar surface area (TPSA) is 49.4 Å². The summed E-state index contributed by atoms with van der Waals surface area (Å²) < 4.78 is 0. The average molecular weight is 357 g/mol. The summed E-state index contributed by atoms with van der Waals surface area (Å²) in [5.74, 6) is 0.496. The summed E-state index contributed by atoms with van der Waals surface area (Å²) in [7, 11) is 0. The van der Waals surface area contributed by atoms with E-state index in [2.05, 4.69) is 19.2 Å². The number of carbonyl (C=O) groups is 2. The third kappa shape index (κ3) is 3.79. The van der Waals surface area contributed by atoms with Crippen LogP contribution in [0.4, 0.5) is 0 Å². The van der Waals surface area contributed by atoms with Crippen LogP contribution < -0.4 is 5.32 Å². The first-order chi connectivity index (χ1) is 12.4. The smallest absolute Gasteiger partial charge is 0.255 e. The maximum Gasteiger partial charge on any atom is 0.255 e. The van der Waals surface area contributed by atoms with Crippen molar-refractivity contribution in [3.05, 3.63) is 35.4 Å². The van der Waals surface area contributed by atoms with Gasteiger partial charge in [0, 0.05) is 24.6 Å². The molecule has 1 N–H and O–H groups in total. The molecule has 1 aromatic carbocycles. The van der Waals surface area contributed by atoms with Crippen molar-refractivity contribution >= 4 is 11.8 Å². The third-order valence-corrected chi connectivity index (χ3v) is 5.98. The lowest BCUT2D eigenvalue weighted by molar-refractivity contribution is -0.132. The molecule has 2 aliphatic rings. The summed E-state index contributed by atoms with van der Waals surface area (Å²) >= 11 is 0. The minimum absolute atomic E-state index is 0.00575. The molecule has 1 heterocycles. The lowest BCUT2D eigenvalue weighted by Crippen LogP contribution is -2.64. The highest BCUT2D eigenvalue weighted by Gasteiger charge is 2.46. The van der Waals surface area contributed by atoms with Crippen LogP contribution in [0.5, 0.6) is 0 Å². The molecule has 142 valence electrons. The molecular weight excluding hydrogens is 324 g/mol. The van der Waals surface area contributed by atoms with E-state index in [0.29, 0.717) is 18.9 Å². The van der Waals surface area contributed by atoms with E-state index in [9.17, 15) is 9.59 Å². The zero-order chi connectivity index (χ0) is 18.7. The number of fused-ring (bicyclic) bond motifs is 1. The zero-order valence-electron chi connectivity index (χ0n) is 16.4. The Morgan fingerprint density at radius 3 is 2.62 bits per heavy atom. The number of amides is 2. The van der Waals surface area contributed by atoms with Gasteiger partial charge in [-0.15, -0.1) is 0 Å². The average Bonchev–Trinajstić information content (AvgIpc) is 2.62. The molecule has 1 saturated carbocycles. The highest BCUT2D eigenvalue weighted by molar-refractivity contribution is 6.02. The monoisotopic (exact) mass is 356 g/mol. The molecule has 0 spiro atoms. The second-order valence-electron chi connectivity index (χ2n) is 8.56. The number of nitrogens with one attached hydrogen (secondary N) is 1. The maximum atomic E-state index is 13.3. The fourth-order valence-electron chi connectivity index (χ4n) is 4.25. The highest BCUT2D eigenvalue weighted by Crippen LogP contribution is 2.32. The lowest BCUT2D eigenvalue weighted by Gasteiger charge is -2.45. The molecule has 1 atom stereocenters. The quantitative estimate of drug-likeness (QED) is 0.869. The molecule has 0 aromatic heterocycles. The molecule has 0 radical (unpaired) electrons. The van der Waals surface area contributed by atoms with Crippen molar-refractivity contribution in [1.29, 1.82) is 0 Å². The van der Waals surface area contributed by atoms with Crippen LogP contribution in [0, 0.1) is 5.92 Å².